The maximum absolute atomic E-state index is 11.5. The van der Waals surface area contributed by atoms with Gasteiger partial charge in [-0.15, -0.1) is 0 Å². The molecule has 0 saturated heterocycles. The number of primary amides is 1. The molecule has 0 spiro atoms. The fourth-order valence-corrected chi connectivity index (χ4v) is 1.27. The number of hydrogen-bond acceptors (Lipinski definition) is 4. The summed E-state index contributed by atoms with van der Waals surface area (Å²) in [5.74, 6) is -0.656. The molecule has 0 bridgehead atoms. The predicted molar refractivity (Wildman–Crippen MR) is 62.9 cm³/mol. The number of hydrogen-bond donors (Lipinski definition) is 3. The molecule has 1 aromatic heterocycles. The first kappa shape index (κ1) is 13.2. The second-order valence-corrected chi connectivity index (χ2v) is 3.81. The molecule has 5 N–H and O–H groups in total. The lowest BCUT2D eigenvalue weighted by Crippen LogP contribution is -2.26. The number of anilines is 1. The SMILES string of the molecule is CCC(N)CC(=O)Nc1cnn(CC(N)=O)c1. The minimum absolute atomic E-state index is 0.00958. The van der Waals surface area contributed by atoms with Gasteiger partial charge in [0.2, 0.25) is 11.8 Å². The van der Waals surface area contributed by atoms with Gasteiger partial charge in [0.15, 0.2) is 0 Å². The first-order chi connectivity index (χ1) is 8.01. The molecule has 1 heterocycles. The van der Waals surface area contributed by atoms with E-state index in [9.17, 15) is 9.59 Å². The Hall–Kier alpha value is -1.89. The van der Waals surface area contributed by atoms with Crippen LogP contribution in [0, 0.1) is 0 Å². The van der Waals surface area contributed by atoms with Gasteiger partial charge in [-0.05, 0) is 6.42 Å². The highest BCUT2D eigenvalue weighted by Gasteiger charge is 2.09. The molecule has 1 aromatic rings. The Morgan fingerprint density at radius 3 is 2.88 bits per heavy atom. The normalized spacial score (nSPS) is 12.1. The van der Waals surface area contributed by atoms with Crippen molar-refractivity contribution in [3.63, 3.8) is 0 Å². The predicted octanol–water partition coefficient (Wildman–Crippen LogP) is -0.566. The van der Waals surface area contributed by atoms with Crippen LogP contribution in [0.3, 0.4) is 0 Å². The standard InChI is InChI=1S/C10H17N5O2/c1-2-7(11)3-10(17)14-8-4-13-15(5-8)6-9(12)16/h4-5,7H,2-3,6,11H2,1H3,(H2,12,16)(H,14,17). The molecule has 0 radical (unpaired) electrons. The van der Waals surface area contributed by atoms with Crippen LogP contribution in [0.1, 0.15) is 19.8 Å². The van der Waals surface area contributed by atoms with E-state index in [0.29, 0.717) is 5.69 Å². The van der Waals surface area contributed by atoms with Gasteiger partial charge in [-0.2, -0.15) is 5.10 Å². The van der Waals surface area contributed by atoms with E-state index in [1.54, 1.807) is 6.20 Å². The summed E-state index contributed by atoms with van der Waals surface area (Å²) < 4.78 is 1.36. The fraction of sp³-hybridized carbons (Fsp3) is 0.500. The van der Waals surface area contributed by atoms with E-state index >= 15 is 0 Å². The molecule has 94 valence electrons. The molecule has 0 aliphatic carbocycles. The lowest BCUT2D eigenvalue weighted by molar-refractivity contribution is -0.119. The van der Waals surface area contributed by atoms with Crippen molar-refractivity contribution in [2.45, 2.75) is 32.4 Å². The number of nitrogens with two attached hydrogens (primary N) is 2. The molecule has 7 nitrogen and oxygen atoms in total. The van der Waals surface area contributed by atoms with Crippen molar-refractivity contribution in [1.29, 1.82) is 0 Å². The van der Waals surface area contributed by atoms with Gasteiger partial charge in [0.1, 0.15) is 6.54 Å². The van der Waals surface area contributed by atoms with Crippen LogP contribution in [0.25, 0.3) is 0 Å². The zero-order chi connectivity index (χ0) is 12.8. The highest BCUT2D eigenvalue weighted by Crippen LogP contribution is 2.06. The molecule has 7 heteroatoms. The van der Waals surface area contributed by atoms with Crippen LogP contribution in [0.5, 0.6) is 0 Å². The third-order valence-electron chi connectivity index (χ3n) is 2.21. The maximum Gasteiger partial charge on any atom is 0.239 e. The summed E-state index contributed by atoms with van der Waals surface area (Å²) in [6, 6.07) is -0.143. The molecule has 1 unspecified atom stereocenters. The third-order valence-corrected chi connectivity index (χ3v) is 2.21. The summed E-state index contributed by atoms with van der Waals surface area (Å²) in [5, 5.41) is 6.52. The Morgan fingerprint density at radius 2 is 2.29 bits per heavy atom. The van der Waals surface area contributed by atoms with Gasteiger partial charge in [0.25, 0.3) is 0 Å². The van der Waals surface area contributed by atoms with Crippen LogP contribution in [0.2, 0.25) is 0 Å². The van der Waals surface area contributed by atoms with Crippen LogP contribution >= 0.6 is 0 Å². The summed E-state index contributed by atoms with van der Waals surface area (Å²) in [7, 11) is 0. The largest absolute Gasteiger partial charge is 0.368 e. The van der Waals surface area contributed by atoms with Gasteiger partial charge >= 0.3 is 0 Å². The highest BCUT2D eigenvalue weighted by atomic mass is 16.2. The quantitative estimate of drug-likeness (QED) is 0.616. The Kier molecular flexibility index (Phi) is 4.65. The zero-order valence-corrected chi connectivity index (χ0v) is 9.72. The topological polar surface area (TPSA) is 116 Å². The summed E-state index contributed by atoms with van der Waals surface area (Å²) in [6.45, 7) is 1.91. The van der Waals surface area contributed by atoms with Gasteiger partial charge in [-0.1, -0.05) is 6.92 Å². The minimum Gasteiger partial charge on any atom is -0.368 e. The molecule has 0 aromatic carbocycles. The number of aromatic nitrogens is 2. The molecule has 0 aliphatic heterocycles. The van der Waals surface area contributed by atoms with Crippen molar-refractivity contribution in [1.82, 2.24) is 9.78 Å². The Bertz CT molecular complexity index is 401. The van der Waals surface area contributed by atoms with Gasteiger partial charge in [-0.25, -0.2) is 0 Å². The molecule has 17 heavy (non-hydrogen) atoms. The van der Waals surface area contributed by atoms with Gasteiger partial charge in [-0.3, -0.25) is 14.3 Å². The van der Waals surface area contributed by atoms with E-state index in [-0.39, 0.29) is 24.9 Å². The van der Waals surface area contributed by atoms with Crippen molar-refractivity contribution in [3.8, 4) is 0 Å². The lowest BCUT2D eigenvalue weighted by Gasteiger charge is -2.07. The summed E-state index contributed by atoms with van der Waals surface area (Å²) in [5.41, 5.74) is 11.2. The molecule has 0 fully saturated rings. The van der Waals surface area contributed by atoms with E-state index in [0.717, 1.165) is 6.42 Å². The van der Waals surface area contributed by atoms with Gasteiger partial charge in [0.05, 0.1) is 11.9 Å². The Labute approximate surface area is 99.1 Å². The summed E-state index contributed by atoms with van der Waals surface area (Å²) >= 11 is 0. The van der Waals surface area contributed by atoms with Gasteiger partial charge in [0, 0.05) is 18.7 Å². The van der Waals surface area contributed by atoms with Crippen LogP contribution in [-0.4, -0.2) is 27.6 Å². The Balaban J connectivity index is 2.48. The summed E-state index contributed by atoms with van der Waals surface area (Å²) in [6.07, 6.45) is 4.00. The van der Waals surface area contributed by atoms with Crippen LogP contribution < -0.4 is 16.8 Å². The fourth-order valence-electron chi connectivity index (χ4n) is 1.27. The average molecular weight is 239 g/mol. The first-order valence-electron chi connectivity index (χ1n) is 5.37. The number of amides is 2. The van der Waals surface area contributed by atoms with E-state index in [2.05, 4.69) is 10.4 Å². The van der Waals surface area contributed by atoms with Crippen molar-refractivity contribution >= 4 is 17.5 Å². The molecule has 0 aliphatic rings. The molecule has 1 atom stereocenters. The molecular weight excluding hydrogens is 222 g/mol. The monoisotopic (exact) mass is 239 g/mol. The Morgan fingerprint density at radius 1 is 1.59 bits per heavy atom. The second kappa shape index (κ2) is 6.00. The zero-order valence-electron chi connectivity index (χ0n) is 9.72. The smallest absolute Gasteiger partial charge is 0.239 e. The van der Waals surface area contributed by atoms with Crippen molar-refractivity contribution < 1.29 is 9.59 Å². The van der Waals surface area contributed by atoms with Crippen molar-refractivity contribution in [2.75, 3.05) is 5.32 Å². The van der Waals surface area contributed by atoms with Crippen molar-refractivity contribution in [2.24, 2.45) is 11.5 Å². The molecule has 0 saturated carbocycles. The van der Waals surface area contributed by atoms with Crippen LogP contribution in [-0.2, 0) is 16.1 Å². The first-order valence-corrected chi connectivity index (χ1v) is 5.37. The number of nitrogens with one attached hydrogen (secondary N) is 1. The lowest BCUT2D eigenvalue weighted by atomic mass is 10.1. The van der Waals surface area contributed by atoms with E-state index in [4.69, 9.17) is 11.5 Å². The maximum atomic E-state index is 11.5. The van der Waals surface area contributed by atoms with E-state index in [1.165, 1.54) is 10.9 Å². The third kappa shape index (κ3) is 4.64. The molecular formula is C10H17N5O2. The van der Waals surface area contributed by atoms with Crippen molar-refractivity contribution in [3.05, 3.63) is 12.4 Å². The number of carbonyl (C=O) groups is 2. The number of rotatable bonds is 6. The van der Waals surface area contributed by atoms with Gasteiger partial charge < -0.3 is 16.8 Å². The molecule has 1 rings (SSSR count). The van der Waals surface area contributed by atoms with E-state index in [1.807, 2.05) is 6.92 Å². The molecule has 2 amide bonds. The number of nitrogens with zero attached hydrogens (tertiary/aromatic N) is 2. The van der Waals surface area contributed by atoms with Crippen LogP contribution in [0.15, 0.2) is 12.4 Å². The highest BCUT2D eigenvalue weighted by molar-refractivity contribution is 5.90. The average Bonchev–Trinajstić information content (AvgIpc) is 2.63. The van der Waals surface area contributed by atoms with E-state index < -0.39 is 5.91 Å². The minimum atomic E-state index is -0.487. The van der Waals surface area contributed by atoms with Crippen LogP contribution in [0.4, 0.5) is 5.69 Å². The summed E-state index contributed by atoms with van der Waals surface area (Å²) in [4.78, 5) is 22.1. The number of carbonyl (C=O) groups excluding carboxylic acids is 2. The second-order valence-electron chi connectivity index (χ2n) is 3.81.